The number of aromatic nitrogens is 2. The zero-order valence-electron chi connectivity index (χ0n) is 18.4. The van der Waals surface area contributed by atoms with Crippen molar-refractivity contribution in [3.05, 3.63) is 77.5 Å². The first-order chi connectivity index (χ1) is 16.5. The van der Waals surface area contributed by atoms with Crippen LogP contribution in [-0.2, 0) is 10.2 Å². The average molecular weight is 488 g/mol. The zero-order chi connectivity index (χ0) is 25.4. The van der Waals surface area contributed by atoms with Gasteiger partial charge in [-0.2, -0.15) is 13.2 Å². The molecule has 3 aromatic rings. The molecule has 1 aliphatic heterocycles. The molecule has 0 saturated carbocycles. The van der Waals surface area contributed by atoms with Crippen molar-refractivity contribution in [3.63, 3.8) is 0 Å². The number of nitrogens with zero attached hydrogens (tertiary/aromatic N) is 2. The van der Waals surface area contributed by atoms with Crippen LogP contribution in [0.5, 0.6) is 5.75 Å². The lowest BCUT2D eigenvalue weighted by Gasteiger charge is -2.24. The number of carbonyl (C=O) groups excluding carboxylic acids is 2. The number of rotatable bonds is 6. The highest BCUT2D eigenvalue weighted by Gasteiger charge is 2.47. The minimum absolute atomic E-state index is 0.00720. The molecular weight excluding hydrogens is 468 g/mol. The van der Waals surface area contributed by atoms with Crippen molar-refractivity contribution in [2.75, 3.05) is 13.2 Å². The molecule has 1 aliphatic rings. The molecule has 4 rings (SSSR count). The van der Waals surface area contributed by atoms with Crippen molar-refractivity contribution in [2.24, 2.45) is 5.73 Å². The van der Waals surface area contributed by atoms with Gasteiger partial charge in [-0.1, -0.05) is 6.07 Å². The molecule has 2 amide bonds. The Hall–Kier alpha value is -4.02. The summed E-state index contributed by atoms with van der Waals surface area (Å²) in [6.07, 6.45) is -3.46. The lowest BCUT2D eigenvalue weighted by Crippen LogP contribution is -2.40. The molecule has 3 N–H and O–H groups in total. The predicted molar refractivity (Wildman–Crippen MR) is 117 cm³/mol. The van der Waals surface area contributed by atoms with Crippen molar-refractivity contribution in [1.82, 2.24) is 15.3 Å². The quantitative estimate of drug-likeness (QED) is 0.517. The minimum atomic E-state index is -4.80. The van der Waals surface area contributed by atoms with Crippen LogP contribution in [-0.4, -0.2) is 41.1 Å². The number of alkyl halides is 3. The summed E-state index contributed by atoms with van der Waals surface area (Å²) < 4.78 is 61.6. The second-order valence-electron chi connectivity index (χ2n) is 8.28. The molecule has 0 fully saturated rings. The van der Waals surface area contributed by atoms with E-state index in [0.29, 0.717) is 0 Å². The van der Waals surface area contributed by atoms with Crippen LogP contribution in [0, 0.1) is 5.82 Å². The van der Waals surface area contributed by atoms with Gasteiger partial charge in [0, 0.05) is 23.9 Å². The lowest BCUT2D eigenvalue weighted by molar-refractivity contribution is -0.149. The number of nitrogens with one attached hydrogen (secondary N) is 1. The van der Waals surface area contributed by atoms with Crippen LogP contribution >= 0.6 is 0 Å². The Bertz CT molecular complexity index is 1270. The molecular formula is C24H20F4N4O3. The van der Waals surface area contributed by atoms with Crippen molar-refractivity contribution in [2.45, 2.75) is 24.4 Å². The molecule has 182 valence electrons. The maximum Gasteiger partial charge on any atom is 0.398 e. The normalized spacial score (nSPS) is 17.9. The molecule has 1 unspecified atom stereocenters. The molecule has 0 bridgehead atoms. The summed E-state index contributed by atoms with van der Waals surface area (Å²) in [5.41, 5.74) is 4.09. The third-order valence-corrected chi connectivity index (χ3v) is 5.87. The van der Waals surface area contributed by atoms with Gasteiger partial charge < -0.3 is 15.8 Å². The number of nitrogens with two attached hydrogens (primary N) is 1. The molecule has 2 aromatic heterocycles. The van der Waals surface area contributed by atoms with E-state index in [9.17, 15) is 27.2 Å². The van der Waals surface area contributed by atoms with Crippen LogP contribution in [0.3, 0.4) is 0 Å². The Balaban J connectivity index is 1.80. The van der Waals surface area contributed by atoms with Crippen LogP contribution in [0.4, 0.5) is 17.6 Å². The zero-order valence-corrected chi connectivity index (χ0v) is 18.4. The van der Waals surface area contributed by atoms with E-state index in [1.54, 1.807) is 6.07 Å². The van der Waals surface area contributed by atoms with E-state index in [2.05, 4.69) is 15.3 Å². The van der Waals surface area contributed by atoms with Gasteiger partial charge in [0.2, 0.25) is 5.91 Å². The van der Waals surface area contributed by atoms with E-state index >= 15 is 0 Å². The summed E-state index contributed by atoms with van der Waals surface area (Å²) in [6.45, 7) is 0.441. The second kappa shape index (κ2) is 8.97. The smallest absolute Gasteiger partial charge is 0.398 e. The third kappa shape index (κ3) is 4.66. The first-order valence-electron chi connectivity index (χ1n) is 10.5. The van der Waals surface area contributed by atoms with Crippen molar-refractivity contribution in [1.29, 1.82) is 0 Å². The standard InChI is InChI=1S/C24H20F4N4O3/c1-23(22(29)34)12-35-20-15(23)10-18(32-19(20)13-5-7-14(25)8-6-13)16(24(26,27)28)11-31-21(33)17-4-2-3-9-30-17/h2-10,16H,11-12H2,1H3,(H2,29,34)(H,31,33)/t16?,23-/m0/s1. The van der Waals surface area contributed by atoms with Gasteiger partial charge in [0.05, 0.1) is 5.69 Å². The molecule has 3 heterocycles. The van der Waals surface area contributed by atoms with E-state index in [1.807, 2.05) is 0 Å². The van der Waals surface area contributed by atoms with Gasteiger partial charge in [-0.05, 0) is 49.4 Å². The average Bonchev–Trinajstić information content (AvgIpc) is 3.17. The fourth-order valence-electron chi connectivity index (χ4n) is 3.76. The van der Waals surface area contributed by atoms with E-state index in [0.717, 1.165) is 18.2 Å². The number of halogens is 4. The summed E-state index contributed by atoms with van der Waals surface area (Å²) >= 11 is 0. The Kier molecular flexibility index (Phi) is 6.18. The molecule has 11 heteroatoms. The molecule has 7 nitrogen and oxygen atoms in total. The van der Waals surface area contributed by atoms with Gasteiger partial charge in [0.25, 0.3) is 5.91 Å². The van der Waals surface area contributed by atoms with E-state index in [4.69, 9.17) is 10.5 Å². The monoisotopic (exact) mass is 488 g/mol. The highest BCUT2D eigenvalue weighted by atomic mass is 19.4. The highest BCUT2D eigenvalue weighted by Crippen LogP contribution is 2.46. The first-order valence-corrected chi connectivity index (χ1v) is 10.5. The SMILES string of the molecule is C[C@]1(C(N)=O)COc2c1cc(C(CNC(=O)c1ccccn1)C(F)(F)F)nc2-c1ccc(F)cc1. The summed E-state index contributed by atoms with van der Waals surface area (Å²) in [7, 11) is 0. The fraction of sp³-hybridized carbons (Fsp3) is 0.250. The van der Waals surface area contributed by atoms with Gasteiger partial charge in [0.1, 0.15) is 40.9 Å². The van der Waals surface area contributed by atoms with Crippen LogP contribution in [0.15, 0.2) is 54.7 Å². The summed E-state index contributed by atoms with van der Waals surface area (Å²) in [6, 6.07) is 10.6. The number of primary amides is 1. The number of benzene rings is 1. The molecule has 0 spiro atoms. The second-order valence-corrected chi connectivity index (χ2v) is 8.28. The highest BCUT2D eigenvalue weighted by molar-refractivity contribution is 5.92. The van der Waals surface area contributed by atoms with E-state index in [-0.39, 0.29) is 34.9 Å². The van der Waals surface area contributed by atoms with E-state index < -0.39 is 47.4 Å². The summed E-state index contributed by atoms with van der Waals surface area (Å²) in [5, 5.41) is 2.25. The van der Waals surface area contributed by atoms with Gasteiger partial charge in [0.15, 0.2) is 0 Å². The van der Waals surface area contributed by atoms with Crippen molar-refractivity contribution < 1.29 is 31.9 Å². The molecule has 0 aliphatic carbocycles. The molecule has 0 radical (unpaired) electrons. The number of carbonyl (C=O) groups is 2. The maximum atomic E-state index is 14.2. The number of hydrogen-bond donors (Lipinski definition) is 2. The van der Waals surface area contributed by atoms with E-state index in [1.165, 1.54) is 37.4 Å². The van der Waals surface area contributed by atoms with Crippen LogP contribution < -0.4 is 15.8 Å². The lowest BCUT2D eigenvalue weighted by atomic mass is 9.82. The predicted octanol–water partition coefficient (Wildman–Crippen LogP) is 3.49. The Morgan fingerprint density at radius 3 is 2.51 bits per heavy atom. The summed E-state index contributed by atoms with van der Waals surface area (Å²) in [5.74, 6) is -4.25. The third-order valence-electron chi connectivity index (χ3n) is 5.87. The maximum absolute atomic E-state index is 14.2. The molecule has 35 heavy (non-hydrogen) atoms. The fourth-order valence-corrected chi connectivity index (χ4v) is 3.76. The molecule has 0 saturated heterocycles. The number of amides is 2. The van der Waals surface area contributed by atoms with Gasteiger partial charge in [-0.3, -0.25) is 14.6 Å². The van der Waals surface area contributed by atoms with Crippen molar-refractivity contribution >= 4 is 11.8 Å². The van der Waals surface area contributed by atoms with Gasteiger partial charge in [-0.25, -0.2) is 9.37 Å². The molecule has 1 aromatic carbocycles. The van der Waals surface area contributed by atoms with Crippen LogP contribution in [0.25, 0.3) is 11.3 Å². The number of fused-ring (bicyclic) bond motifs is 1. The largest absolute Gasteiger partial charge is 0.489 e. The summed E-state index contributed by atoms with van der Waals surface area (Å²) in [4.78, 5) is 32.6. The molecule has 2 atom stereocenters. The Labute approximate surface area is 197 Å². The van der Waals surface area contributed by atoms with Gasteiger partial charge >= 0.3 is 6.18 Å². The minimum Gasteiger partial charge on any atom is -0.489 e. The first kappa shape index (κ1) is 24.1. The number of hydrogen-bond acceptors (Lipinski definition) is 5. The van der Waals surface area contributed by atoms with Gasteiger partial charge in [-0.15, -0.1) is 0 Å². The topological polar surface area (TPSA) is 107 Å². The van der Waals surface area contributed by atoms with Crippen LogP contribution in [0.2, 0.25) is 0 Å². The van der Waals surface area contributed by atoms with Crippen molar-refractivity contribution in [3.8, 4) is 17.0 Å². The Morgan fingerprint density at radius 1 is 1.20 bits per heavy atom. The van der Waals surface area contributed by atoms with Crippen LogP contribution in [0.1, 0.15) is 34.6 Å². The Morgan fingerprint density at radius 2 is 1.91 bits per heavy atom. The number of ether oxygens (including phenoxy) is 1. The number of pyridine rings is 2.